The molecule has 4 rings (SSSR count). The third-order valence-corrected chi connectivity index (χ3v) is 7.05. The van der Waals surface area contributed by atoms with Crippen LogP contribution in [0.1, 0.15) is 30.7 Å². The van der Waals surface area contributed by atoms with Gasteiger partial charge < -0.3 is 10.6 Å². The van der Waals surface area contributed by atoms with Crippen LogP contribution in [0.3, 0.4) is 0 Å². The molecule has 0 aliphatic carbocycles. The van der Waals surface area contributed by atoms with E-state index in [1.807, 2.05) is 24.3 Å². The zero-order valence-electron chi connectivity index (χ0n) is 16.9. The van der Waals surface area contributed by atoms with E-state index < -0.39 is 11.6 Å². The normalized spacial score (nSPS) is 10.8. The Bertz CT molecular complexity index is 1200. The fourth-order valence-corrected chi connectivity index (χ4v) is 4.94. The van der Waals surface area contributed by atoms with Crippen molar-refractivity contribution >= 4 is 79.1 Å². The predicted molar refractivity (Wildman–Crippen MR) is 132 cm³/mol. The lowest BCUT2D eigenvalue weighted by Gasteiger charge is -2.01. The minimum Gasteiger partial charge on any atom is -0.332 e. The Morgan fingerprint density at radius 2 is 1.03 bits per heavy atom. The lowest BCUT2D eigenvalue weighted by atomic mass is 10.1. The fraction of sp³-hybridized carbons (Fsp3) is 0.0909. The van der Waals surface area contributed by atoms with Gasteiger partial charge in [0.15, 0.2) is 10.3 Å². The largest absolute Gasteiger partial charge is 0.332 e. The molecular weight excluding hydrogens is 487 g/mol. The molecule has 2 aromatic heterocycles. The second-order valence-corrected chi connectivity index (χ2v) is 9.66. The Kier molecular flexibility index (Phi) is 6.57. The van der Waals surface area contributed by atoms with Crippen LogP contribution in [0.4, 0.5) is 21.6 Å². The molecule has 0 radical (unpaired) electrons. The van der Waals surface area contributed by atoms with Gasteiger partial charge in [-0.25, -0.2) is 9.97 Å². The van der Waals surface area contributed by atoms with Crippen molar-refractivity contribution in [2.45, 2.75) is 13.8 Å². The second kappa shape index (κ2) is 9.38. The van der Waals surface area contributed by atoms with Crippen LogP contribution in [0.15, 0.2) is 48.5 Å². The van der Waals surface area contributed by atoms with E-state index in [2.05, 4.69) is 20.6 Å². The quantitative estimate of drug-likeness (QED) is 0.207. The number of anilines is 4. The van der Waals surface area contributed by atoms with Gasteiger partial charge in [-0.3, -0.25) is 9.59 Å². The van der Waals surface area contributed by atoms with E-state index in [9.17, 15) is 9.59 Å². The zero-order valence-corrected chi connectivity index (χ0v) is 20.0. The summed E-state index contributed by atoms with van der Waals surface area (Å²) in [7, 11) is 0. The number of hydrogen-bond acceptors (Lipinski definition) is 8. The summed E-state index contributed by atoms with van der Waals surface area (Å²) in [5.74, 6) is -1.21. The molecule has 0 saturated carbocycles. The molecule has 0 atom stereocenters. The Morgan fingerprint density at radius 1 is 0.688 bits per heavy atom. The third-order valence-electron chi connectivity index (χ3n) is 4.40. The van der Waals surface area contributed by atoms with Gasteiger partial charge >= 0.3 is 0 Å². The number of nitrogens with zero attached hydrogens (tertiary/aromatic N) is 2. The topological polar surface area (TPSA) is 84.0 Å². The predicted octanol–water partition coefficient (Wildman–Crippen LogP) is 7.08. The van der Waals surface area contributed by atoms with E-state index in [-0.39, 0.29) is 0 Å². The monoisotopic (exact) mass is 502 g/mol. The summed E-state index contributed by atoms with van der Waals surface area (Å²) in [5, 5.41) is 8.54. The van der Waals surface area contributed by atoms with Gasteiger partial charge in [0.1, 0.15) is 9.75 Å². The first-order valence-corrected chi connectivity index (χ1v) is 11.8. The van der Waals surface area contributed by atoms with Gasteiger partial charge in [0.25, 0.3) is 0 Å². The summed E-state index contributed by atoms with van der Waals surface area (Å²) in [6, 6.07) is 14.2. The minimum atomic E-state index is -0.603. The number of carbonyl (C=O) groups excluding carboxylic acids is 2. The van der Waals surface area contributed by atoms with Crippen LogP contribution >= 0.6 is 45.9 Å². The Morgan fingerprint density at radius 3 is 1.38 bits per heavy atom. The molecule has 2 aromatic carbocycles. The molecule has 0 aliphatic rings. The van der Waals surface area contributed by atoms with E-state index in [1.165, 1.54) is 0 Å². The number of benzene rings is 2. The number of hydrogen-bond donors (Lipinski definition) is 2. The molecule has 6 nitrogen and oxygen atoms in total. The van der Waals surface area contributed by atoms with Gasteiger partial charge in [0.2, 0.25) is 11.6 Å². The van der Waals surface area contributed by atoms with Crippen molar-refractivity contribution in [2.24, 2.45) is 0 Å². The summed E-state index contributed by atoms with van der Waals surface area (Å²) in [6.07, 6.45) is 0. The fourth-order valence-electron chi connectivity index (χ4n) is 2.84. The van der Waals surface area contributed by atoms with Crippen LogP contribution in [-0.4, -0.2) is 21.5 Å². The van der Waals surface area contributed by atoms with Crippen molar-refractivity contribution in [3.63, 3.8) is 0 Å². The molecule has 0 amide bonds. The highest BCUT2D eigenvalue weighted by molar-refractivity contribution is 7.20. The van der Waals surface area contributed by atoms with Gasteiger partial charge in [0.05, 0.1) is 11.4 Å². The van der Waals surface area contributed by atoms with Crippen LogP contribution in [0, 0.1) is 13.8 Å². The highest BCUT2D eigenvalue weighted by Gasteiger charge is 2.27. The molecule has 0 spiro atoms. The number of Topliss-reactive ketones (excluding diaryl/α,β-unsaturated/α-hetero) is 2. The maximum Gasteiger partial charge on any atom is 0.246 e. The first-order valence-electron chi connectivity index (χ1n) is 9.39. The zero-order chi connectivity index (χ0) is 22.8. The molecule has 2 heterocycles. The maximum atomic E-state index is 13.0. The van der Waals surface area contributed by atoms with Crippen molar-refractivity contribution in [1.29, 1.82) is 0 Å². The highest BCUT2D eigenvalue weighted by atomic mass is 35.5. The number of ketones is 2. The summed E-state index contributed by atoms with van der Waals surface area (Å²) in [4.78, 5) is 35.3. The van der Waals surface area contributed by atoms with Crippen LogP contribution in [0.5, 0.6) is 0 Å². The lowest BCUT2D eigenvalue weighted by molar-refractivity contribution is 0.0820. The van der Waals surface area contributed by atoms with Crippen molar-refractivity contribution < 1.29 is 9.59 Å². The molecular formula is C22H16Cl2N4O2S2. The Hall–Kier alpha value is -2.78. The van der Waals surface area contributed by atoms with Crippen molar-refractivity contribution in [1.82, 2.24) is 9.97 Å². The van der Waals surface area contributed by atoms with Crippen molar-refractivity contribution in [3.8, 4) is 0 Å². The second-order valence-electron chi connectivity index (χ2n) is 6.79. The molecule has 0 fully saturated rings. The van der Waals surface area contributed by atoms with Gasteiger partial charge in [0, 0.05) is 21.4 Å². The number of aryl methyl sites for hydroxylation is 2. The average molecular weight is 503 g/mol. The lowest BCUT2D eigenvalue weighted by Crippen LogP contribution is -2.14. The van der Waals surface area contributed by atoms with Crippen LogP contribution < -0.4 is 10.6 Å². The van der Waals surface area contributed by atoms with Gasteiger partial charge in [-0.05, 0) is 62.4 Å². The first kappa shape index (κ1) is 22.4. The molecule has 10 heteroatoms. The van der Waals surface area contributed by atoms with Crippen LogP contribution in [0.25, 0.3) is 0 Å². The van der Waals surface area contributed by atoms with Crippen molar-refractivity contribution in [3.05, 3.63) is 79.7 Å². The summed E-state index contributed by atoms with van der Waals surface area (Å²) < 4.78 is 0. The van der Waals surface area contributed by atoms with E-state index in [0.29, 0.717) is 41.5 Å². The maximum absolute atomic E-state index is 13.0. The Balaban J connectivity index is 1.51. The molecule has 0 aliphatic heterocycles. The molecule has 0 bridgehead atoms. The highest BCUT2D eigenvalue weighted by Crippen LogP contribution is 2.31. The van der Waals surface area contributed by atoms with Gasteiger partial charge in [-0.15, -0.1) is 0 Å². The minimum absolute atomic E-state index is 0.298. The molecule has 162 valence electrons. The van der Waals surface area contributed by atoms with Crippen molar-refractivity contribution in [2.75, 3.05) is 10.6 Å². The number of nitrogens with one attached hydrogen (secondary N) is 2. The summed E-state index contributed by atoms with van der Waals surface area (Å²) >= 11 is 14.1. The van der Waals surface area contributed by atoms with Gasteiger partial charge in [-0.1, -0.05) is 45.9 Å². The summed E-state index contributed by atoms with van der Waals surface area (Å²) in [5.41, 5.74) is 2.55. The average Bonchev–Trinajstić information content (AvgIpc) is 3.32. The first-order chi connectivity index (χ1) is 15.3. The smallest absolute Gasteiger partial charge is 0.246 e. The van der Waals surface area contributed by atoms with E-state index >= 15 is 0 Å². The van der Waals surface area contributed by atoms with E-state index in [1.54, 1.807) is 38.1 Å². The van der Waals surface area contributed by atoms with Crippen LogP contribution in [0.2, 0.25) is 10.0 Å². The Labute approximate surface area is 202 Å². The van der Waals surface area contributed by atoms with Crippen LogP contribution in [-0.2, 0) is 0 Å². The molecule has 2 N–H and O–H groups in total. The number of carbonyl (C=O) groups is 2. The molecule has 0 saturated heterocycles. The van der Waals surface area contributed by atoms with E-state index in [4.69, 9.17) is 23.2 Å². The SMILES string of the molecule is Cc1nc(Nc2ccc(Cl)cc2)sc1C(=O)C(=O)c1sc(Nc2ccc(Cl)cc2)nc1C. The van der Waals surface area contributed by atoms with Gasteiger partial charge in [-0.2, -0.15) is 0 Å². The number of halogens is 2. The standard InChI is InChI=1S/C22H16Cl2N4O2S2/c1-11-19(31-21(25-11)27-15-7-3-13(23)4-8-15)17(29)18(30)20-12(2)26-22(32-20)28-16-9-5-14(24)6-10-16/h3-10H,1-2H3,(H,25,27)(H,26,28). The molecule has 0 unspecified atom stereocenters. The number of thiazole rings is 2. The molecule has 4 aromatic rings. The van der Waals surface area contributed by atoms with E-state index in [0.717, 1.165) is 34.0 Å². The molecule has 32 heavy (non-hydrogen) atoms. The third kappa shape index (κ3) is 4.99. The number of aromatic nitrogens is 2. The summed E-state index contributed by atoms with van der Waals surface area (Å²) in [6.45, 7) is 3.41. The number of rotatable bonds is 7.